The molecule has 1 aromatic heterocycles. The predicted octanol–water partition coefficient (Wildman–Crippen LogP) is 3.47. The number of aliphatic imine (C=N–C) groups is 1. The molecule has 0 spiro atoms. The highest BCUT2D eigenvalue weighted by atomic mass is 16.6. The SMILES string of the molecule is CC(C)(C)OC(=O)NCCCNC(=NCc1ccccc1)NCCc1ccco1. The second-order valence-corrected chi connectivity index (χ2v) is 7.62. The second-order valence-electron chi connectivity index (χ2n) is 7.62. The van der Waals surface area contributed by atoms with Crippen LogP contribution in [0.1, 0.15) is 38.5 Å². The zero-order valence-electron chi connectivity index (χ0n) is 17.5. The fraction of sp³-hybridized carbons (Fsp3) is 0.455. The molecule has 7 nitrogen and oxygen atoms in total. The van der Waals surface area contributed by atoms with Gasteiger partial charge in [-0.25, -0.2) is 9.79 Å². The van der Waals surface area contributed by atoms with E-state index in [1.54, 1.807) is 6.26 Å². The quantitative estimate of drug-likeness (QED) is 0.341. The molecule has 1 amide bonds. The molecule has 0 saturated heterocycles. The van der Waals surface area contributed by atoms with Crippen LogP contribution in [0.15, 0.2) is 58.1 Å². The number of carbonyl (C=O) groups excluding carboxylic acids is 1. The van der Waals surface area contributed by atoms with Crippen LogP contribution < -0.4 is 16.0 Å². The van der Waals surface area contributed by atoms with E-state index in [1.807, 2.05) is 51.1 Å². The molecule has 1 aromatic carbocycles. The first-order valence-electron chi connectivity index (χ1n) is 9.98. The molecule has 0 aliphatic carbocycles. The summed E-state index contributed by atoms with van der Waals surface area (Å²) >= 11 is 0. The Morgan fingerprint density at radius 2 is 1.72 bits per heavy atom. The van der Waals surface area contributed by atoms with E-state index in [-0.39, 0.29) is 0 Å². The van der Waals surface area contributed by atoms with Gasteiger partial charge in [-0.3, -0.25) is 0 Å². The predicted molar refractivity (Wildman–Crippen MR) is 115 cm³/mol. The second kappa shape index (κ2) is 11.8. The molecule has 7 heteroatoms. The van der Waals surface area contributed by atoms with Gasteiger partial charge in [-0.1, -0.05) is 30.3 Å². The van der Waals surface area contributed by atoms with Crippen LogP contribution in [0.2, 0.25) is 0 Å². The Morgan fingerprint density at radius 1 is 1.00 bits per heavy atom. The number of furan rings is 1. The lowest BCUT2D eigenvalue weighted by Gasteiger charge is -2.19. The van der Waals surface area contributed by atoms with Gasteiger partial charge in [-0.15, -0.1) is 0 Å². The van der Waals surface area contributed by atoms with Crippen LogP contribution in [0, 0.1) is 0 Å². The summed E-state index contributed by atoms with van der Waals surface area (Å²) in [7, 11) is 0. The number of amides is 1. The van der Waals surface area contributed by atoms with Crippen molar-refractivity contribution in [3.05, 3.63) is 60.1 Å². The number of nitrogens with one attached hydrogen (secondary N) is 3. The molecule has 0 bridgehead atoms. The Kier molecular flexibility index (Phi) is 9.08. The van der Waals surface area contributed by atoms with Gasteiger partial charge in [0.2, 0.25) is 0 Å². The smallest absolute Gasteiger partial charge is 0.407 e. The number of hydrogen-bond acceptors (Lipinski definition) is 4. The highest BCUT2D eigenvalue weighted by Crippen LogP contribution is 2.06. The highest BCUT2D eigenvalue weighted by Gasteiger charge is 2.15. The first-order valence-corrected chi connectivity index (χ1v) is 9.98. The van der Waals surface area contributed by atoms with E-state index in [1.165, 1.54) is 0 Å². The van der Waals surface area contributed by atoms with E-state index in [2.05, 4.69) is 33.1 Å². The summed E-state index contributed by atoms with van der Waals surface area (Å²) in [5, 5.41) is 9.39. The third-order valence-electron chi connectivity index (χ3n) is 3.82. The monoisotopic (exact) mass is 400 g/mol. The van der Waals surface area contributed by atoms with E-state index < -0.39 is 11.7 Å². The average Bonchev–Trinajstić information content (AvgIpc) is 3.18. The Bertz CT molecular complexity index is 737. The number of nitrogens with zero attached hydrogens (tertiary/aromatic N) is 1. The van der Waals surface area contributed by atoms with Gasteiger partial charge in [-0.05, 0) is 44.9 Å². The van der Waals surface area contributed by atoms with Gasteiger partial charge in [-0.2, -0.15) is 0 Å². The third-order valence-corrected chi connectivity index (χ3v) is 3.82. The van der Waals surface area contributed by atoms with Crippen LogP contribution in [0.4, 0.5) is 4.79 Å². The fourth-order valence-corrected chi connectivity index (χ4v) is 2.49. The standard InChI is InChI=1S/C22H32N4O3/c1-22(2,3)29-21(27)25-14-8-13-23-20(24-15-12-19-11-7-16-28-19)26-17-18-9-5-4-6-10-18/h4-7,9-11,16H,8,12-15,17H2,1-3H3,(H,25,27)(H2,23,24,26). The molecular formula is C22H32N4O3. The van der Waals surface area contributed by atoms with E-state index in [9.17, 15) is 4.79 Å². The summed E-state index contributed by atoms with van der Waals surface area (Å²) < 4.78 is 10.6. The van der Waals surface area contributed by atoms with Crippen LogP contribution in [-0.4, -0.2) is 37.3 Å². The molecule has 0 saturated carbocycles. The molecule has 0 fully saturated rings. The number of ether oxygens (including phenoxy) is 1. The Labute approximate surface area is 172 Å². The van der Waals surface area contributed by atoms with E-state index >= 15 is 0 Å². The van der Waals surface area contributed by atoms with Crippen molar-refractivity contribution < 1.29 is 13.9 Å². The summed E-state index contributed by atoms with van der Waals surface area (Å²) in [5.41, 5.74) is 0.656. The number of hydrogen-bond donors (Lipinski definition) is 3. The van der Waals surface area contributed by atoms with Crippen molar-refractivity contribution in [2.45, 2.75) is 45.8 Å². The lowest BCUT2D eigenvalue weighted by molar-refractivity contribution is 0.0527. The van der Waals surface area contributed by atoms with Gasteiger partial charge in [0.1, 0.15) is 11.4 Å². The van der Waals surface area contributed by atoms with E-state index in [4.69, 9.17) is 9.15 Å². The number of benzene rings is 1. The summed E-state index contributed by atoms with van der Waals surface area (Å²) in [6.07, 6.45) is 2.81. The molecule has 3 N–H and O–H groups in total. The van der Waals surface area contributed by atoms with Gasteiger partial charge >= 0.3 is 6.09 Å². The Hall–Kier alpha value is -2.96. The van der Waals surface area contributed by atoms with Crippen LogP contribution in [0.5, 0.6) is 0 Å². The number of alkyl carbamates (subject to hydrolysis) is 1. The van der Waals surface area contributed by atoms with Gasteiger partial charge < -0.3 is 25.1 Å². The number of guanidine groups is 1. The van der Waals surface area contributed by atoms with Crippen LogP contribution >= 0.6 is 0 Å². The van der Waals surface area contributed by atoms with Crippen molar-refractivity contribution in [1.82, 2.24) is 16.0 Å². The molecule has 0 radical (unpaired) electrons. The lowest BCUT2D eigenvalue weighted by atomic mass is 10.2. The first kappa shape index (κ1) is 22.3. The van der Waals surface area contributed by atoms with Gasteiger partial charge in [0.05, 0.1) is 12.8 Å². The minimum Gasteiger partial charge on any atom is -0.469 e. The number of rotatable bonds is 9. The van der Waals surface area contributed by atoms with Crippen molar-refractivity contribution in [3.8, 4) is 0 Å². The van der Waals surface area contributed by atoms with Gasteiger partial charge in [0.25, 0.3) is 0 Å². The first-order chi connectivity index (χ1) is 13.9. The Balaban J connectivity index is 1.75. The Morgan fingerprint density at radius 3 is 2.41 bits per heavy atom. The van der Waals surface area contributed by atoms with Crippen molar-refractivity contribution >= 4 is 12.1 Å². The normalized spacial score (nSPS) is 11.8. The maximum atomic E-state index is 11.7. The summed E-state index contributed by atoms with van der Waals surface area (Å²) in [4.78, 5) is 16.3. The zero-order chi connectivity index (χ0) is 21.0. The van der Waals surface area contributed by atoms with E-state index in [0.717, 1.165) is 30.1 Å². The molecule has 1 heterocycles. The summed E-state index contributed by atoms with van der Waals surface area (Å²) in [6.45, 7) is 8.04. The third kappa shape index (κ3) is 10.2. The van der Waals surface area contributed by atoms with Gasteiger partial charge in [0.15, 0.2) is 5.96 Å². The van der Waals surface area contributed by atoms with Crippen LogP contribution in [-0.2, 0) is 17.7 Å². The molecule has 0 aliphatic heterocycles. The van der Waals surface area contributed by atoms with Crippen LogP contribution in [0.3, 0.4) is 0 Å². The largest absolute Gasteiger partial charge is 0.469 e. The molecule has 29 heavy (non-hydrogen) atoms. The minimum atomic E-state index is -0.489. The lowest BCUT2D eigenvalue weighted by Crippen LogP contribution is -2.40. The fourth-order valence-electron chi connectivity index (χ4n) is 2.49. The van der Waals surface area contributed by atoms with Crippen molar-refractivity contribution in [2.75, 3.05) is 19.6 Å². The molecule has 2 rings (SSSR count). The molecule has 0 atom stereocenters. The minimum absolute atomic E-state index is 0.396. The molecular weight excluding hydrogens is 368 g/mol. The van der Waals surface area contributed by atoms with Crippen molar-refractivity contribution in [1.29, 1.82) is 0 Å². The van der Waals surface area contributed by atoms with Gasteiger partial charge in [0, 0.05) is 26.1 Å². The summed E-state index contributed by atoms with van der Waals surface area (Å²) in [5.74, 6) is 1.67. The zero-order valence-corrected chi connectivity index (χ0v) is 17.5. The molecule has 2 aromatic rings. The molecule has 0 aliphatic rings. The number of carbonyl (C=O) groups is 1. The van der Waals surface area contributed by atoms with E-state index in [0.29, 0.717) is 26.2 Å². The average molecular weight is 401 g/mol. The molecule has 158 valence electrons. The maximum absolute atomic E-state index is 11.7. The topological polar surface area (TPSA) is 87.9 Å². The maximum Gasteiger partial charge on any atom is 0.407 e. The summed E-state index contributed by atoms with van der Waals surface area (Å²) in [6, 6.07) is 13.9. The molecule has 0 unspecified atom stereocenters. The van der Waals surface area contributed by atoms with Crippen molar-refractivity contribution in [3.63, 3.8) is 0 Å². The van der Waals surface area contributed by atoms with Crippen molar-refractivity contribution in [2.24, 2.45) is 4.99 Å². The van der Waals surface area contributed by atoms with Crippen LogP contribution in [0.25, 0.3) is 0 Å². The highest BCUT2D eigenvalue weighted by molar-refractivity contribution is 5.79.